The lowest BCUT2D eigenvalue weighted by Gasteiger charge is -2.27. The Morgan fingerprint density at radius 3 is 2.43 bits per heavy atom. The van der Waals surface area contributed by atoms with E-state index in [2.05, 4.69) is 9.88 Å². The highest BCUT2D eigenvalue weighted by Crippen LogP contribution is 2.18. The Morgan fingerprint density at radius 2 is 1.71 bits per heavy atom. The number of pyridine rings is 1. The van der Waals surface area contributed by atoms with Crippen molar-refractivity contribution in [3.05, 3.63) is 23.9 Å². The lowest BCUT2D eigenvalue weighted by molar-refractivity contribution is 0.0299. The fraction of sp³-hybridized carbons (Fsp3) is 0.625. The van der Waals surface area contributed by atoms with Gasteiger partial charge in [0.15, 0.2) is 0 Å². The molecule has 2 saturated heterocycles. The summed E-state index contributed by atoms with van der Waals surface area (Å²) in [4.78, 5) is 21.2. The summed E-state index contributed by atoms with van der Waals surface area (Å²) in [6.45, 7) is 4.66. The standard InChI is InChI=1S/C16H23N3O2/c20-16(19-10-12-21-13-11-19)14-6-5-7-15(17-14)18-8-3-1-2-4-9-18/h5-7H,1-4,8-13H2. The van der Waals surface area contributed by atoms with E-state index in [0.717, 1.165) is 18.9 Å². The van der Waals surface area contributed by atoms with Crippen molar-refractivity contribution in [3.63, 3.8) is 0 Å². The molecule has 0 aromatic carbocycles. The minimum atomic E-state index is 0.0231. The van der Waals surface area contributed by atoms with Gasteiger partial charge < -0.3 is 14.5 Å². The summed E-state index contributed by atoms with van der Waals surface area (Å²) in [6, 6.07) is 5.78. The Hall–Kier alpha value is -1.62. The van der Waals surface area contributed by atoms with E-state index in [1.165, 1.54) is 25.7 Å². The van der Waals surface area contributed by atoms with Crippen molar-refractivity contribution in [1.29, 1.82) is 0 Å². The van der Waals surface area contributed by atoms with Crippen molar-refractivity contribution in [2.75, 3.05) is 44.3 Å². The molecule has 0 bridgehead atoms. The molecule has 1 aromatic heterocycles. The van der Waals surface area contributed by atoms with Crippen LogP contribution in [0, 0.1) is 0 Å². The number of ether oxygens (including phenoxy) is 1. The van der Waals surface area contributed by atoms with Crippen molar-refractivity contribution in [1.82, 2.24) is 9.88 Å². The van der Waals surface area contributed by atoms with Gasteiger partial charge in [-0.2, -0.15) is 0 Å². The molecule has 0 N–H and O–H groups in total. The van der Waals surface area contributed by atoms with Gasteiger partial charge in [-0.15, -0.1) is 0 Å². The van der Waals surface area contributed by atoms with Gasteiger partial charge in [-0.05, 0) is 25.0 Å². The Morgan fingerprint density at radius 1 is 1.00 bits per heavy atom. The number of carbonyl (C=O) groups excluding carboxylic acids is 1. The lowest BCUT2D eigenvalue weighted by Crippen LogP contribution is -2.41. The molecule has 5 heteroatoms. The summed E-state index contributed by atoms with van der Waals surface area (Å²) in [5, 5.41) is 0. The fourth-order valence-corrected chi connectivity index (χ4v) is 2.95. The van der Waals surface area contributed by atoms with Crippen molar-refractivity contribution >= 4 is 11.7 Å². The number of aromatic nitrogens is 1. The average Bonchev–Trinajstić information content (AvgIpc) is 2.84. The van der Waals surface area contributed by atoms with Gasteiger partial charge in [0.25, 0.3) is 5.91 Å². The van der Waals surface area contributed by atoms with Crippen molar-refractivity contribution < 1.29 is 9.53 Å². The van der Waals surface area contributed by atoms with Crippen LogP contribution in [0.2, 0.25) is 0 Å². The number of rotatable bonds is 2. The third-order valence-corrected chi connectivity index (χ3v) is 4.18. The van der Waals surface area contributed by atoms with Crippen LogP contribution >= 0.6 is 0 Å². The first kappa shape index (κ1) is 14.3. The molecule has 2 aliphatic rings. The molecule has 5 nitrogen and oxygen atoms in total. The number of hydrogen-bond donors (Lipinski definition) is 0. The van der Waals surface area contributed by atoms with Crippen LogP contribution in [0.1, 0.15) is 36.2 Å². The second-order valence-corrected chi connectivity index (χ2v) is 5.69. The van der Waals surface area contributed by atoms with Crippen LogP contribution in [0.5, 0.6) is 0 Å². The first-order chi connectivity index (χ1) is 10.3. The molecule has 1 amide bonds. The number of morpholine rings is 1. The third kappa shape index (κ3) is 3.53. The maximum atomic E-state index is 12.5. The first-order valence-corrected chi connectivity index (χ1v) is 7.93. The Balaban J connectivity index is 1.74. The maximum absolute atomic E-state index is 12.5. The molecule has 0 aliphatic carbocycles. The van der Waals surface area contributed by atoms with Gasteiger partial charge in [-0.3, -0.25) is 4.79 Å². The molecule has 114 valence electrons. The van der Waals surface area contributed by atoms with E-state index in [9.17, 15) is 4.79 Å². The molecule has 2 aliphatic heterocycles. The van der Waals surface area contributed by atoms with E-state index in [1.54, 1.807) is 0 Å². The molecule has 3 rings (SSSR count). The topological polar surface area (TPSA) is 45.7 Å². The maximum Gasteiger partial charge on any atom is 0.272 e. The summed E-state index contributed by atoms with van der Waals surface area (Å²) < 4.78 is 5.30. The Bertz CT molecular complexity index is 478. The van der Waals surface area contributed by atoms with Gasteiger partial charge in [-0.25, -0.2) is 4.98 Å². The fourth-order valence-electron chi connectivity index (χ4n) is 2.95. The van der Waals surface area contributed by atoms with E-state index in [1.807, 2.05) is 23.1 Å². The zero-order valence-electron chi connectivity index (χ0n) is 12.5. The van der Waals surface area contributed by atoms with Crippen LogP contribution in [0.15, 0.2) is 18.2 Å². The van der Waals surface area contributed by atoms with Crippen molar-refractivity contribution in [3.8, 4) is 0 Å². The van der Waals surface area contributed by atoms with Crippen molar-refractivity contribution in [2.45, 2.75) is 25.7 Å². The highest BCUT2D eigenvalue weighted by atomic mass is 16.5. The minimum absolute atomic E-state index is 0.0231. The number of hydrogen-bond acceptors (Lipinski definition) is 4. The zero-order valence-corrected chi connectivity index (χ0v) is 12.5. The number of nitrogens with zero attached hydrogens (tertiary/aromatic N) is 3. The van der Waals surface area contributed by atoms with Crippen LogP contribution < -0.4 is 4.90 Å². The molecule has 0 saturated carbocycles. The average molecular weight is 289 g/mol. The third-order valence-electron chi connectivity index (χ3n) is 4.18. The SMILES string of the molecule is O=C(c1cccc(N2CCCCCC2)n1)N1CCOCC1. The zero-order chi connectivity index (χ0) is 14.5. The second-order valence-electron chi connectivity index (χ2n) is 5.69. The number of carbonyl (C=O) groups is 1. The van der Waals surface area contributed by atoms with Crippen molar-refractivity contribution in [2.24, 2.45) is 0 Å². The Labute approximate surface area is 125 Å². The molecule has 3 heterocycles. The largest absolute Gasteiger partial charge is 0.378 e. The second kappa shape index (κ2) is 6.89. The van der Waals surface area contributed by atoms with Crippen LogP contribution in [-0.2, 0) is 4.74 Å². The van der Waals surface area contributed by atoms with E-state index >= 15 is 0 Å². The normalized spacial score (nSPS) is 20.2. The molecular weight excluding hydrogens is 266 g/mol. The quantitative estimate of drug-likeness (QED) is 0.834. The van der Waals surface area contributed by atoms with Crippen LogP contribution in [0.3, 0.4) is 0 Å². The monoisotopic (exact) mass is 289 g/mol. The summed E-state index contributed by atoms with van der Waals surface area (Å²) in [7, 11) is 0. The van der Waals surface area contributed by atoms with E-state index < -0.39 is 0 Å². The Kier molecular flexibility index (Phi) is 4.70. The van der Waals surface area contributed by atoms with Gasteiger partial charge in [0, 0.05) is 26.2 Å². The molecule has 2 fully saturated rings. The summed E-state index contributed by atoms with van der Waals surface area (Å²) in [5.74, 6) is 0.964. The molecule has 21 heavy (non-hydrogen) atoms. The van der Waals surface area contributed by atoms with E-state index in [4.69, 9.17) is 4.74 Å². The van der Waals surface area contributed by atoms with Gasteiger partial charge >= 0.3 is 0 Å². The summed E-state index contributed by atoms with van der Waals surface area (Å²) in [6.07, 6.45) is 5.01. The summed E-state index contributed by atoms with van der Waals surface area (Å²) in [5.41, 5.74) is 0.554. The number of amides is 1. The van der Waals surface area contributed by atoms with Gasteiger partial charge in [0.1, 0.15) is 11.5 Å². The number of anilines is 1. The van der Waals surface area contributed by atoms with Gasteiger partial charge in [0.2, 0.25) is 0 Å². The molecule has 0 unspecified atom stereocenters. The van der Waals surface area contributed by atoms with Crippen LogP contribution in [-0.4, -0.2) is 55.2 Å². The minimum Gasteiger partial charge on any atom is -0.378 e. The molecular formula is C16H23N3O2. The molecule has 1 aromatic rings. The van der Waals surface area contributed by atoms with E-state index in [0.29, 0.717) is 32.0 Å². The first-order valence-electron chi connectivity index (χ1n) is 7.93. The predicted molar refractivity (Wildman–Crippen MR) is 81.6 cm³/mol. The smallest absolute Gasteiger partial charge is 0.272 e. The van der Waals surface area contributed by atoms with Gasteiger partial charge in [-0.1, -0.05) is 18.9 Å². The molecule has 0 atom stereocenters. The van der Waals surface area contributed by atoms with Gasteiger partial charge in [0.05, 0.1) is 13.2 Å². The summed E-state index contributed by atoms with van der Waals surface area (Å²) >= 11 is 0. The highest BCUT2D eigenvalue weighted by Gasteiger charge is 2.20. The van der Waals surface area contributed by atoms with Crippen LogP contribution in [0.25, 0.3) is 0 Å². The van der Waals surface area contributed by atoms with E-state index in [-0.39, 0.29) is 5.91 Å². The molecule has 0 spiro atoms. The lowest BCUT2D eigenvalue weighted by atomic mass is 10.2. The van der Waals surface area contributed by atoms with Crippen LogP contribution in [0.4, 0.5) is 5.82 Å². The molecule has 0 radical (unpaired) electrons. The predicted octanol–water partition coefficient (Wildman–Crippen LogP) is 1.93. The highest BCUT2D eigenvalue weighted by molar-refractivity contribution is 5.92.